The van der Waals surface area contributed by atoms with Crippen LogP contribution in [-0.2, 0) is 9.53 Å². The molecular weight excluding hydrogens is 284 g/mol. The van der Waals surface area contributed by atoms with Gasteiger partial charge < -0.3 is 9.84 Å². The summed E-state index contributed by atoms with van der Waals surface area (Å²) in [7, 11) is 0. The van der Waals surface area contributed by atoms with Crippen molar-refractivity contribution < 1.29 is 19.4 Å². The molecule has 6 nitrogen and oxygen atoms in total. The molecule has 2 heterocycles. The quantitative estimate of drug-likeness (QED) is 0.903. The lowest BCUT2D eigenvalue weighted by atomic mass is 9.83. The van der Waals surface area contributed by atoms with Crippen LogP contribution in [0.5, 0.6) is 0 Å². The van der Waals surface area contributed by atoms with Gasteiger partial charge in [0.05, 0.1) is 6.61 Å². The molecule has 1 N–H and O–H groups in total. The molecule has 0 bridgehead atoms. The summed E-state index contributed by atoms with van der Waals surface area (Å²) in [5, 5.41) is 9.46. The van der Waals surface area contributed by atoms with E-state index in [2.05, 4.69) is 11.9 Å². The average Bonchev–Trinajstić information content (AvgIpc) is 2.90. The number of carbonyl (C=O) groups is 2. The van der Waals surface area contributed by atoms with E-state index in [1.54, 1.807) is 12.1 Å². The largest absolute Gasteiger partial charge is 0.480 e. The van der Waals surface area contributed by atoms with Gasteiger partial charge in [-0.1, -0.05) is 6.92 Å². The Kier molecular flexibility index (Phi) is 3.87. The number of ether oxygens (including phenoxy) is 1. The minimum absolute atomic E-state index is 0.0561. The second-order valence-corrected chi connectivity index (χ2v) is 6.20. The molecule has 1 aromatic rings. The minimum atomic E-state index is -1.02. The fourth-order valence-corrected chi connectivity index (χ4v) is 3.40. The number of hydrogen-bond donors (Lipinski definition) is 1. The first kappa shape index (κ1) is 15.0. The van der Waals surface area contributed by atoms with Crippen LogP contribution in [0.2, 0.25) is 0 Å². The third-order valence-corrected chi connectivity index (χ3v) is 4.75. The number of carboxylic acid groups (broad SMARTS) is 1. The van der Waals surface area contributed by atoms with Gasteiger partial charge >= 0.3 is 5.97 Å². The fraction of sp³-hybridized carbons (Fsp3) is 0.562. The number of pyridine rings is 1. The van der Waals surface area contributed by atoms with Crippen molar-refractivity contribution in [2.75, 3.05) is 6.61 Å². The van der Waals surface area contributed by atoms with Gasteiger partial charge in [0.15, 0.2) is 6.04 Å². The highest BCUT2D eigenvalue weighted by Gasteiger charge is 2.53. The molecule has 0 aromatic carbocycles. The normalized spacial score (nSPS) is 31.4. The number of rotatable bonds is 2. The van der Waals surface area contributed by atoms with Crippen molar-refractivity contribution in [1.82, 2.24) is 9.88 Å². The van der Waals surface area contributed by atoms with Crippen LogP contribution in [0, 0.1) is 5.92 Å². The number of carboxylic acids is 1. The van der Waals surface area contributed by atoms with Gasteiger partial charge in [0.25, 0.3) is 5.91 Å². The van der Waals surface area contributed by atoms with Crippen LogP contribution in [-0.4, -0.2) is 45.2 Å². The van der Waals surface area contributed by atoms with Crippen LogP contribution in [0.1, 0.15) is 43.0 Å². The smallest absolute Gasteiger partial charge is 0.328 e. The number of carbonyl (C=O) groups excluding carboxylic acids is 1. The molecule has 1 saturated heterocycles. The lowest BCUT2D eigenvalue weighted by Gasteiger charge is -2.42. The van der Waals surface area contributed by atoms with E-state index in [0.717, 1.165) is 12.8 Å². The Labute approximate surface area is 129 Å². The van der Waals surface area contributed by atoms with Crippen molar-refractivity contribution in [3.8, 4) is 0 Å². The van der Waals surface area contributed by atoms with E-state index >= 15 is 0 Å². The lowest BCUT2D eigenvalue weighted by molar-refractivity contribution is -0.143. The first-order valence-electron chi connectivity index (χ1n) is 7.64. The predicted octanol–water partition coefficient (Wildman–Crippen LogP) is 1.91. The van der Waals surface area contributed by atoms with Gasteiger partial charge in [0, 0.05) is 18.0 Å². The van der Waals surface area contributed by atoms with E-state index in [-0.39, 0.29) is 12.5 Å². The number of aromatic nitrogens is 1. The van der Waals surface area contributed by atoms with Gasteiger partial charge in [-0.25, -0.2) is 4.79 Å². The Morgan fingerprint density at radius 3 is 2.55 bits per heavy atom. The molecule has 118 valence electrons. The highest BCUT2D eigenvalue weighted by atomic mass is 16.5. The number of aliphatic carboxylic acids is 1. The summed E-state index contributed by atoms with van der Waals surface area (Å²) in [6, 6.07) is 2.30. The van der Waals surface area contributed by atoms with E-state index in [9.17, 15) is 14.7 Å². The maximum Gasteiger partial charge on any atom is 0.328 e. The Balaban J connectivity index is 1.94. The highest BCUT2D eigenvalue weighted by molar-refractivity contribution is 5.97. The zero-order valence-electron chi connectivity index (χ0n) is 12.6. The molecule has 1 spiro atoms. The Bertz CT molecular complexity index is 567. The first-order valence-corrected chi connectivity index (χ1v) is 7.64. The van der Waals surface area contributed by atoms with Gasteiger partial charge in [-0.2, -0.15) is 0 Å². The third kappa shape index (κ3) is 2.47. The Morgan fingerprint density at radius 2 is 1.95 bits per heavy atom. The molecule has 2 aliphatic rings. The zero-order chi connectivity index (χ0) is 15.7. The van der Waals surface area contributed by atoms with E-state index in [1.165, 1.54) is 17.3 Å². The zero-order valence-corrected chi connectivity index (χ0v) is 12.6. The summed E-state index contributed by atoms with van der Waals surface area (Å²) in [5.41, 5.74) is -0.319. The van der Waals surface area contributed by atoms with Gasteiger partial charge in [-0.05, 0) is 43.7 Å². The van der Waals surface area contributed by atoms with Crippen molar-refractivity contribution >= 4 is 11.9 Å². The van der Waals surface area contributed by atoms with Crippen molar-refractivity contribution in [3.63, 3.8) is 0 Å². The summed E-state index contributed by atoms with van der Waals surface area (Å²) in [6.45, 7) is 2.23. The summed E-state index contributed by atoms with van der Waals surface area (Å²) >= 11 is 0. The van der Waals surface area contributed by atoms with Crippen LogP contribution >= 0.6 is 0 Å². The van der Waals surface area contributed by atoms with Gasteiger partial charge in [0.2, 0.25) is 0 Å². The SMILES string of the molecule is CC1CCC2(CC1)OC[C@H](C(=O)O)N2C(=O)c1ccncc1. The van der Waals surface area contributed by atoms with E-state index in [1.807, 2.05) is 0 Å². The maximum absolute atomic E-state index is 12.9. The molecule has 1 atom stereocenters. The van der Waals surface area contributed by atoms with Crippen LogP contribution < -0.4 is 0 Å². The highest BCUT2D eigenvalue weighted by Crippen LogP contribution is 2.42. The number of amides is 1. The number of hydrogen-bond acceptors (Lipinski definition) is 4. The summed E-state index contributed by atoms with van der Waals surface area (Å²) in [5.74, 6) is -0.726. The van der Waals surface area contributed by atoms with Crippen molar-refractivity contribution in [2.24, 2.45) is 5.92 Å². The van der Waals surface area contributed by atoms with Crippen LogP contribution in [0.3, 0.4) is 0 Å². The molecular formula is C16H20N2O4. The molecule has 2 fully saturated rings. The first-order chi connectivity index (χ1) is 10.5. The minimum Gasteiger partial charge on any atom is -0.480 e. The molecule has 0 radical (unpaired) electrons. The molecule has 6 heteroatoms. The Morgan fingerprint density at radius 1 is 1.32 bits per heavy atom. The van der Waals surface area contributed by atoms with E-state index in [4.69, 9.17) is 4.74 Å². The average molecular weight is 304 g/mol. The fourth-order valence-electron chi connectivity index (χ4n) is 3.40. The Hall–Kier alpha value is -1.95. The van der Waals surface area contributed by atoms with Crippen molar-refractivity contribution in [3.05, 3.63) is 30.1 Å². The predicted molar refractivity (Wildman–Crippen MR) is 78.1 cm³/mol. The molecule has 1 aliphatic carbocycles. The number of nitrogens with zero attached hydrogens (tertiary/aromatic N) is 2. The van der Waals surface area contributed by atoms with Gasteiger partial charge in [0.1, 0.15) is 5.72 Å². The summed E-state index contributed by atoms with van der Waals surface area (Å²) in [6.07, 6.45) is 6.33. The van der Waals surface area contributed by atoms with Crippen molar-refractivity contribution in [2.45, 2.75) is 44.4 Å². The molecule has 1 aromatic heterocycles. The lowest BCUT2D eigenvalue weighted by Crippen LogP contribution is -2.55. The monoisotopic (exact) mass is 304 g/mol. The van der Waals surface area contributed by atoms with E-state index < -0.39 is 17.7 Å². The topological polar surface area (TPSA) is 79.7 Å². The van der Waals surface area contributed by atoms with Crippen LogP contribution in [0.15, 0.2) is 24.5 Å². The maximum atomic E-state index is 12.9. The molecule has 3 rings (SSSR count). The summed E-state index contributed by atoms with van der Waals surface area (Å²) < 4.78 is 5.87. The third-order valence-electron chi connectivity index (χ3n) is 4.75. The molecule has 1 amide bonds. The molecule has 0 unspecified atom stereocenters. The summed E-state index contributed by atoms with van der Waals surface area (Å²) in [4.78, 5) is 29.8. The van der Waals surface area contributed by atoms with Gasteiger partial charge in [-0.3, -0.25) is 14.7 Å². The van der Waals surface area contributed by atoms with Gasteiger partial charge in [-0.15, -0.1) is 0 Å². The molecule has 22 heavy (non-hydrogen) atoms. The molecule has 1 aliphatic heterocycles. The van der Waals surface area contributed by atoms with Crippen molar-refractivity contribution in [1.29, 1.82) is 0 Å². The van der Waals surface area contributed by atoms with Crippen LogP contribution in [0.25, 0.3) is 0 Å². The second-order valence-electron chi connectivity index (χ2n) is 6.20. The van der Waals surface area contributed by atoms with E-state index in [0.29, 0.717) is 24.3 Å². The second kappa shape index (κ2) is 5.68. The standard InChI is InChI=1S/C16H20N2O4/c1-11-2-6-16(7-3-11)18(13(10-22-16)15(20)21)14(19)12-4-8-17-9-5-12/h4-5,8-9,11,13H,2-3,6-7,10H2,1H3,(H,20,21)/t11?,13-,16?/m1/s1. The molecule has 1 saturated carbocycles. The van der Waals surface area contributed by atoms with Crippen LogP contribution in [0.4, 0.5) is 0 Å².